The largest absolute Gasteiger partial charge is 0.374 e. The van der Waals surface area contributed by atoms with Crippen molar-refractivity contribution in [3.05, 3.63) is 108 Å². The summed E-state index contributed by atoms with van der Waals surface area (Å²) in [4.78, 5) is 11.1. The Balaban J connectivity index is 1.32. The lowest BCUT2D eigenvalue weighted by Crippen LogP contribution is -2.23. The van der Waals surface area contributed by atoms with Crippen LogP contribution in [0.3, 0.4) is 0 Å². The van der Waals surface area contributed by atoms with Crippen LogP contribution in [-0.4, -0.2) is 28.0 Å². The average molecular weight is 433 g/mol. The standard InChI is InChI=1S/C29H28N4/c1-20-16-25(10-13-30-20)24-8-9-28-27(18-24)11-14-31-29(28)32-19-22-4-6-23(7-5-22)26-12-15-33(3)21(2)17-26/h4-18,21H,19H2,1-3H3,(H,31,32). The molecule has 0 spiro atoms. The third-order valence-electron chi connectivity index (χ3n) is 6.29. The van der Waals surface area contributed by atoms with Gasteiger partial charge in [0.15, 0.2) is 0 Å². The van der Waals surface area contributed by atoms with Crippen molar-refractivity contribution < 1.29 is 0 Å². The van der Waals surface area contributed by atoms with Crippen LogP contribution in [-0.2, 0) is 6.54 Å². The Hall–Kier alpha value is -3.92. The van der Waals surface area contributed by atoms with Crippen LogP contribution in [0.2, 0.25) is 0 Å². The molecule has 0 aliphatic carbocycles. The third-order valence-corrected chi connectivity index (χ3v) is 6.29. The molecule has 1 atom stereocenters. The zero-order valence-corrected chi connectivity index (χ0v) is 19.3. The van der Waals surface area contributed by atoms with Gasteiger partial charge in [-0.05, 0) is 83.6 Å². The number of hydrogen-bond acceptors (Lipinski definition) is 4. The minimum atomic E-state index is 0.409. The molecule has 4 heteroatoms. The molecule has 0 saturated heterocycles. The lowest BCUT2D eigenvalue weighted by atomic mass is 9.99. The first kappa shape index (κ1) is 21.0. The summed E-state index contributed by atoms with van der Waals surface area (Å²) >= 11 is 0. The summed E-state index contributed by atoms with van der Waals surface area (Å²) in [5, 5.41) is 5.82. The predicted octanol–water partition coefficient (Wildman–Crippen LogP) is 6.45. The van der Waals surface area contributed by atoms with E-state index in [9.17, 15) is 0 Å². The fourth-order valence-electron chi connectivity index (χ4n) is 4.18. The second kappa shape index (κ2) is 8.91. The molecule has 33 heavy (non-hydrogen) atoms. The Kier molecular flexibility index (Phi) is 5.66. The molecule has 0 radical (unpaired) electrons. The van der Waals surface area contributed by atoms with Crippen LogP contribution >= 0.6 is 0 Å². The number of rotatable bonds is 5. The highest BCUT2D eigenvalue weighted by molar-refractivity contribution is 5.94. The van der Waals surface area contributed by atoms with E-state index in [2.05, 4.69) is 113 Å². The second-order valence-electron chi connectivity index (χ2n) is 8.68. The second-order valence-corrected chi connectivity index (χ2v) is 8.68. The van der Waals surface area contributed by atoms with Crippen LogP contribution in [0.5, 0.6) is 0 Å². The predicted molar refractivity (Wildman–Crippen MR) is 138 cm³/mol. The maximum atomic E-state index is 4.60. The Morgan fingerprint density at radius 3 is 2.42 bits per heavy atom. The summed E-state index contributed by atoms with van der Waals surface area (Å²) in [7, 11) is 2.10. The Morgan fingerprint density at radius 2 is 1.64 bits per heavy atom. The lowest BCUT2D eigenvalue weighted by molar-refractivity contribution is 0.404. The van der Waals surface area contributed by atoms with E-state index >= 15 is 0 Å². The van der Waals surface area contributed by atoms with E-state index in [4.69, 9.17) is 0 Å². The molecule has 2 aromatic heterocycles. The fourth-order valence-corrected chi connectivity index (χ4v) is 4.18. The number of fused-ring (bicyclic) bond motifs is 1. The van der Waals surface area contributed by atoms with Crippen LogP contribution in [0.15, 0.2) is 91.4 Å². The van der Waals surface area contributed by atoms with Gasteiger partial charge in [-0.15, -0.1) is 0 Å². The Morgan fingerprint density at radius 1 is 0.879 bits per heavy atom. The number of nitrogens with one attached hydrogen (secondary N) is 1. The van der Waals surface area contributed by atoms with Gasteiger partial charge in [-0.25, -0.2) is 4.98 Å². The highest BCUT2D eigenvalue weighted by atomic mass is 15.1. The van der Waals surface area contributed by atoms with Gasteiger partial charge in [0.25, 0.3) is 0 Å². The zero-order chi connectivity index (χ0) is 22.8. The number of aryl methyl sites for hydroxylation is 1. The first-order chi connectivity index (χ1) is 16.1. The van der Waals surface area contributed by atoms with E-state index in [1.54, 1.807) is 0 Å². The number of hydrogen-bond donors (Lipinski definition) is 1. The van der Waals surface area contributed by atoms with Crippen molar-refractivity contribution in [3.63, 3.8) is 0 Å². The van der Waals surface area contributed by atoms with E-state index in [1.807, 2.05) is 19.3 Å². The minimum absolute atomic E-state index is 0.409. The maximum Gasteiger partial charge on any atom is 0.134 e. The van der Waals surface area contributed by atoms with Gasteiger partial charge >= 0.3 is 0 Å². The molecule has 1 unspecified atom stereocenters. The van der Waals surface area contributed by atoms with Crippen LogP contribution in [0.1, 0.15) is 23.7 Å². The van der Waals surface area contributed by atoms with Gasteiger partial charge in [-0.1, -0.05) is 42.5 Å². The van der Waals surface area contributed by atoms with Crippen molar-refractivity contribution in [1.29, 1.82) is 0 Å². The van der Waals surface area contributed by atoms with Crippen molar-refractivity contribution >= 4 is 22.2 Å². The van der Waals surface area contributed by atoms with Gasteiger partial charge in [0, 0.05) is 43.1 Å². The molecule has 1 N–H and O–H groups in total. The van der Waals surface area contributed by atoms with Gasteiger partial charge in [0.1, 0.15) is 5.82 Å². The molecule has 3 heterocycles. The van der Waals surface area contributed by atoms with E-state index in [-0.39, 0.29) is 0 Å². The summed E-state index contributed by atoms with van der Waals surface area (Å²) < 4.78 is 0. The molecule has 2 aromatic carbocycles. The number of anilines is 1. The molecule has 1 aliphatic heterocycles. The monoisotopic (exact) mass is 432 g/mol. The zero-order valence-electron chi connectivity index (χ0n) is 19.3. The summed E-state index contributed by atoms with van der Waals surface area (Å²) in [6.07, 6.45) is 10.3. The van der Waals surface area contributed by atoms with E-state index in [0.717, 1.165) is 23.4 Å². The van der Waals surface area contributed by atoms with Crippen molar-refractivity contribution in [2.45, 2.75) is 26.4 Å². The van der Waals surface area contributed by atoms with Gasteiger partial charge < -0.3 is 10.2 Å². The summed E-state index contributed by atoms with van der Waals surface area (Å²) in [5.41, 5.74) is 7.14. The molecule has 5 rings (SSSR count). The highest BCUT2D eigenvalue weighted by Gasteiger charge is 2.10. The molecule has 4 aromatic rings. The van der Waals surface area contributed by atoms with Crippen LogP contribution in [0.25, 0.3) is 27.5 Å². The molecule has 4 nitrogen and oxygen atoms in total. The Bertz CT molecular complexity index is 1350. The number of nitrogens with zero attached hydrogens (tertiary/aromatic N) is 3. The van der Waals surface area contributed by atoms with Crippen LogP contribution in [0, 0.1) is 6.92 Å². The quantitative estimate of drug-likeness (QED) is 0.393. The normalized spacial score (nSPS) is 15.5. The van der Waals surface area contributed by atoms with Gasteiger partial charge in [0.05, 0.1) is 0 Å². The van der Waals surface area contributed by atoms with Gasteiger partial charge in [-0.3, -0.25) is 4.98 Å². The third kappa shape index (κ3) is 4.51. The van der Waals surface area contributed by atoms with Gasteiger partial charge in [0.2, 0.25) is 0 Å². The number of likely N-dealkylation sites (N-methyl/N-ethyl adjacent to an activating group) is 1. The first-order valence-electron chi connectivity index (χ1n) is 11.3. The van der Waals surface area contributed by atoms with E-state index < -0.39 is 0 Å². The summed E-state index contributed by atoms with van der Waals surface area (Å²) in [6, 6.07) is 21.9. The average Bonchev–Trinajstić information content (AvgIpc) is 2.84. The molecule has 0 amide bonds. The lowest BCUT2D eigenvalue weighted by Gasteiger charge is -2.25. The first-order valence-corrected chi connectivity index (χ1v) is 11.3. The molecule has 0 saturated carbocycles. The minimum Gasteiger partial charge on any atom is -0.374 e. The topological polar surface area (TPSA) is 41.0 Å². The summed E-state index contributed by atoms with van der Waals surface area (Å²) in [6.45, 7) is 4.96. The fraction of sp³-hybridized carbons (Fsp3) is 0.172. The molecule has 0 fully saturated rings. The Labute approximate surface area is 195 Å². The van der Waals surface area contributed by atoms with E-state index in [1.165, 1.54) is 33.2 Å². The van der Waals surface area contributed by atoms with Crippen LogP contribution < -0.4 is 5.32 Å². The molecule has 0 bridgehead atoms. The molecular formula is C29H28N4. The molecular weight excluding hydrogens is 404 g/mol. The highest BCUT2D eigenvalue weighted by Crippen LogP contribution is 2.28. The van der Waals surface area contributed by atoms with Crippen LogP contribution in [0.4, 0.5) is 5.82 Å². The molecule has 164 valence electrons. The van der Waals surface area contributed by atoms with E-state index in [0.29, 0.717) is 6.04 Å². The van der Waals surface area contributed by atoms with Crippen molar-refractivity contribution in [2.75, 3.05) is 12.4 Å². The van der Waals surface area contributed by atoms with Crippen molar-refractivity contribution in [1.82, 2.24) is 14.9 Å². The van der Waals surface area contributed by atoms with Crippen molar-refractivity contribution in [3.8, 4) is 11.1 Å². The van der Waals surface area contributed by atoms with Gasteiger partial charge in [-0.2, -0.15) is 0 Å². The number of benzene rings is 2. The maximum absolute atomic E-state index is 4.60. The molecule has 1 aliphatic rings. The van der Waals surface area contributed by atoms with Crippen molar-refractivity contribution in [2.24, 2.45) is 0 Å². The smallest absolute Gasteiger partial charge is 0.134 e. The number of pyridine rings is 2. The number of allylic oxidation sites excluding steroid dienone is 2. The SMILES string of the molecule is Cc1cc(-c2ccc3c(NCc4ccc(C5=CC(C)N(C)C=C5)cc4)nccc3c2)ccn1. The summed E-state index contributed by atoms with van der Waals surface area (Å²) in [5.74, 6) is 0.906. The number of aromatic nitrogens is 2.